The molecular weight excluding hydrogens is 525 g/mol. The van der Waals surface area contributed by atoms with E-state index < -0.39 is 26.1 Å². The molecule has 0 bridgehead atoms. The predicted molar refractivity (Wildman–Crippen MR) is 130 cm³/mol. The number of carboxylic acids is 1. The van der Waals surface area contributed by atoms with E-state index in [4.69, 9.17) is 9.84 Å². The Morgan fingerprint density at radius 3 is 2.97 bits per heavy atom. The summed E-state index contributed by atoms with van der Waals surface area (Å²) in [4.78, 5) is 16.6. The number of fused-ring (bicyclic) bond motifs is 1. The van der Waals surface area contributed by atoms with E-state index in [-0.39, 0.29) is 12.6 Å². The molecule has 6 nitrogen and oxygen atoms in total. The van der Waals surface area contributed by atoms with Gasteiger partial charge in [0.15, 0.2) is 0 Å². The average molecular weight is 547 g/mol. The molecule has 0 radical (unpaired) electrons. The molecule has 0 saturated carbocycles. The predicted octanol–water partition coefficient (Wildman–Crippen LogP) is 4.96. The number of benzene rings is 2. The third-order valence-corrected chi connectivity index (χ3v) is 11.2. The van der Waals surface area contributed by atoms with Gasteiger partial charge in [0.05, 0.1) is 0 Å². The Hall–Kier alpha value is -2.48. The molecule has 2 heterocycles. The van der Waals surface area contributed by atoms with Gasteiger partial charge in [-0.3, -0.25) is 0 Å². The number of ether oxygens (including phenoxy) is 1. The van der Waals surface area contributed by atoms with Crippen LogP contribution in [0.3, 0.4) is 0 Å². The van der Waals surface area contributed by atoms with Crippen LogP contribution in [-0.2, 0) is 11.2 Å². The second kappa shape index (κ2) is 9.34. The van der Waals surface area contributed by atoms with Gasteiger partial charge in [0.1, 0.15) is 0 Å². The Labute approximate surface area is 192 Å². The number of nitrogens with zero attached hydrogens (tertiary/aromatic N) is 2. The molecule has 0 saturated heterocycles. The van der Waals surface area contributed by atoms with Gasteiger partial charge >= 0.3 is 179 Å². The van der Waals surface area contributed by atoms with Crippen molar-refractivity contribution in [1.82, 2.24) is 8.51 Å². The number of carboxylic acid groups (broad SMARTS) is 1. The van der Waals surface area contributed by atoms with Gasteiger partial charge in [-0.15, -0.1) is 0 Å². The molecule has 0 amide bonds. The summed E-state index contributed by atoms with van der Waals surface area (Å²) in [6, 6.07) is 14.1. The molecule has 0 spiro atoms. The normalized spacial score (nSPS) is 13.8. The summed E-state index contributed by atoms with van der Waals surface area (Å²) in [6.45, 7) is 3.90. The fourth-order valence-corrected chi connectivity index (χ4v) is 9.66. The van der Waals surface area contributed by atoms with Gasteiger partial charge in [-0.1, -0.05) is 0 Å². The third kappa shape index (κ3) is 4.74. The zero-order valence-corrected chi connectivity index (χ0v) is 20.2. The van der Waals surface area contributed by atoms with Crippen LogP contribution in [0.1, 0.15) is 25.0 Å². The Morgan fingerprint density at radius 1 is 1.39 bits per heavy atom. The zero-order chi connectivity index (χ0) is 22.0. The summed E-state index contributed by atoms with van der Waals surface area (Å²) in [5, 5.41) is 19.4. The first-order chi connectivity index (χ1) is 15.0. The number of nitriles is 1. The molecule has 2 N–H and O–H groups in total. The molecular formula is C23H22IN3O3S. The van der Waals surface area contributed by atoms with Crippen molar-refractivity contribution >= 4 is 37.4 Å². The summed E-state index contributed by atoms with van der Waals surface area (Å²) in [5.74, 6) is -0.222. The van der Waals surface area contributed by atoms with E-state index >= 15 is 0 Å². The van der Waals surface area contributed by atoms with Gasteiger partial charge < -0.3 is 0 Å². The van der Waals surface area contributed by atoms with Crippen LogP contribution in [0.4, 0.5) is 0 Å². The molecule has 160 valence electrons. The van der Waals surface area contributed by atoms with Crippen molar-refractivity contribution in [2.45, 2.75) is 26.4 Å². The maximum atomic E-state index is 10.9. The van der Waals surface area contributed by atoms with E-state index in [1.165, 1.54) is 14.7 Å². The summed E-state index contributed by atoms with van der Waals surface area (Å²) >= 11 is -0.0549. The van der Waals surface area contributed by atoms with Crippen LogP contribution in [0.5, 0.6) is 5.75 Å². The first-order valence-electron chi connectivity index (χ1n) is 9.86. The van der Waals surface area contributed by atoms with Crippen LogP contribution in [0.15, 0.2) is 42.6 Å². The number of thiazole rings is 1. The number of nitrogens with one attached hydrogen (secondary N) is 1. The molecule has 1 aromatic heterocycles. The molecule has 0 aliphatic carbocycles. The molecule has 1 aliphatic heterocycles. The van der Waals surface area contributed by atoms with E-state index in [0.717, 1.165) is 26.3 Å². The number of hydrogen-bond donors (Lipinski definition) is 2. The van der Waals surface area contributed by atoms with Gasteiger partial charge in [0, 0.05) is 0 Å². The van der Waals surface area contributed by atoms with Crippen molar-refractivity contribution in [3.05, 3.63) is 57.3 Å². The molecule has 4 rings (SSSR count). The number of rotatable bonds is 7. The number of aliphatic carboxylic acids is 1. The van der Waals surface area contributed by atoms with E-state index in [9.17, 15) is 10.1 Å². The van der Waals surface area contributed by atoms with Crippen LogP contribution in [0, 0.1) is 14.9 Å². The van der Waals surface area contributed by atoms with Crippen molar-refractivity contribution in [1.29, 1.82) is 5.26 Å². The summed E-state index contributed by atoms with van der Waals surface area (Å²) < 4.78 is 11.4. The van der Waals surface area contributed by atoms with Gasteiger partial charge in [0.2, 0.25) is 0 Å². The van der Waals surface area contributed by atoms with Gasteiger partial charge in [-0.25, -0.2) is 0 Å². The summed E-state index contributed by atoms with van der Waals surface area (Å²) in [6.07, 6.45) is 2.86. The maximum absolute atomic E-state index is 10.9. The molecule has 31 heavy (non-hydrogen) atoms. The minimum atomic E-state index is -1.66. The monoisotopic (exact) mass is 547 g/mol. The van der Waals surface area contributed by atoms with E-state index in [1.807, 2.05) is 38.2 Å². The fraction of sp³-hybridized carbons (Fsp3) is 0.261. The molecule has 1 aliphatic rings. The second-order valence-electron chi connectivity index (χ2n) is 7.29. The average Bonchev–Trinajstić information content (AvgIpc) is 3.39. The first-order valence-corrected chi connectivity index (χ1v) is 14.4. The Bertz CT molecular complexity index is 1170. The van der Waals surface area contributed by atoms with Crippen molar-refractivity contribution in [2.24, 2.45) is 0 Å². The topological polar surface area (TPSA) is 95.2 Å². The number of hydrogen-bond acceptors (Lipinski definition) is 6. The van der Waals surface area contributed by atoms with Crippen LogP contribution >= 0.6 is 31.4 Å². The van der Waals surface area contributed by atoms with Crippen molar-refractivity contribution in [2.75, 3.05) is 11.0 Å². The van der Waals surface area contributed by atoms with Gasteiger partial charge in [-0.05, 0) is 13.8 Å². The molecule has 0 unspecified atom stereocenters. The third-order valence-electron chi connectivity index (χ3n) is 4.76. The second-order valence-corrected chi connectivity index (χ2v) is 13.4. The number of carbonyl (C=O) groups is 1. The SMILES string of the molecule is CC(C)Oc1ccc(-c2ncc(-c3cccc4c3CCI4NCC(=O)O)s2)cc1C#N. The zero-order valence-electron chi connectivity index (χ0n) is 17.2. The quantitative estimate of drug-likeness (QED) is 0.247. The summed E-state index contributed by atoms with van der Waals surface area (Å²) in [5.41, 5.74) is 3.90. The number of alkyl halides is 1. The Morgan fingerprint density at radius 2 is 2.23 bits per heavy atom. The van der Waals surface area contributed by atoms with Gasteiger partial charge in [-0.2, -0.15) is 0 Å². The van der Waals surface area contributed by atoms with Crippen molar-refractivity contribution in [3.63, 3.8) is 0 Å². The minimum absolute atomic E-state index is 0.00223. The molecule has 8 heteroatoms. The molecule has 0 atom stereocenters. The van der Waals surface area contributed by atoms with E-state index in [2.05, 4.69) is 32.8 Å². The fourth-order valence-electron chi connectivity index (χ4n) is 3.46. The first kappa shape index (κ1) is 21.7. The summed E-state index contributed by atoms with van der Waals surface area (Å²) in [7, 11) is 0. The van der Waals surface area contributed by atoms with Crippen molar-refractivity contribution in [3.8, 4) is 32.8 Å². The number of halogens is 1. The molecule has 2 aromatic carbocycles. The standard InChI is InChI=1S/C23H22IN3O3S/c1-14(2)30-20-7-6-15(10-16(20)11-25)23-26-12-21(31-23)18-4-3-5-19-17(18)8-9-24(19)27-13-22(28)29/h3-7,10,12,14,27H,8-9,13H2,1-2H3,(H,28,29). The Kier molecular flexibility index (Phi) is 6.55. The van der Waals surface area contributed by atoms with Crippen LogP contribution in [0.25, 0.3) is 21.0 Å². The van der Waals surface area contributed by atoms with Crippen LogP contribution < -0.4 is 8.27 Å². The Balaban J connectivity index is 1.62. The van der Waals surface area contributed by atoms with Gasteiger partial charge in [0.25, 0.3) is 0 Å². The van der Waals surface area contributed by atoms with Crippen LogP contribution in [-0.4, -0.2) is 33.1 Å². The molecule has 3 aromatic rings. The molecule has 0 fully saturated rings. The number of aromatic nitrogens is 1. The van der Waals surface area contributed by atoms with Crippen molar-refractivity contribution < 1.29 is 14.6 Å². The van der Waals surface area contributed by atoms with Crippen LogP contribution in [0.2, 0.25) is 0 Å². The van der Waals surface area contributed by atoms with E-state index in [1.54, 1.807) is 11.3 Å². The van der Waals surface area contributed by atoms with E-state index in [0.29, 0.717) is 11.3 Å².